The molecule has 7 heteroatoms. The number of rotatable bonds is 5. The van der Waals surface area contributed by atoms with Gasteiger partial charge in [0.2, 0.25) is 5.91 Å². The van der Waals surface area contributed by atoms with Gasteiger partial charge in [0.15, 0.2) is 0 Å². The number of esters is 1. The van der Waals surface area contributed by atoms with Gasteiger partial charge in [0, 0.05) is 23.4 Å². The molecule has 1 amide bonds. The molecule has 4 rings (SSSR count). The van der Waals surface area contributed by atoms with E-state index >= 15 is 0 Å². The number of anilines is 1. The van der Waals surface area contributed by atoms with Crippen molar-refractivity contribution in [3.05, 3.63) is 41.7 Å². The summed E-state index contributed by atoms with van der Waals surface area (Å²) in [6.07, 6.45) is 5.78. The number of benzene rings is 1. The molecule has 2 aliphatic carbocycles. The molecule has 0 saturated heterocycles. The average Bonchev–Trinajstić information content (AvgIpc) is 3.10. The van der Waals surface area contributed by atoms with Gasteiger partial charge in [-0.3, -0.25) is 9.59 Å². The SMILES string of the molecule is CCOC(=O)c1cnn(-c2ccc(NC(=O)C3CC4CCCC(C3)C4=O)cc2)c1C. The Kier molecular flexibility index (Phi) is 5.70. The lowest BCUT2D eigenvalue weighted by atomic mass is 9.67. The van der Waals surface area contributed by atoms with Crippen LogP contribution >= 0.6 is 0 Å². The van der Waals surface area contributed by atoms with Crippen LogP contribution in [0.1, 0.15) is 55.1 Å². The lowest BCUT2D eigenvalue weighted by Gasteiger charge is -2.36. The minimum Gasteiger partial charge on any atom is -0.462 e. The summed E-state index contributed by atoms with van der Waals surface area (Å²) in [5.74, 6) is -0.00323. The lowest BCUT2D eigenvalue weighted by molar-refractivity contribution is -0.136. The molecule has 1 aromatic carbocycles. The summed E-state index contributed by atoms with van der Waals surface area (Å²) in [5, 5.41) is 7.28. The molecule has 158 valence electrons. The van der Waals surface area contributed by atoms with Crippen LogP contribution in [0.3, 0.4) is 0 Å². The first-order valence-corrected chi connectivity index (χ1v) is 10.6. The molecule has 0 spiro atoms. The van der Waals surface area contributed by atoms with Crippen molar-refractivity contribution in [2.75, 3.05) is 11.9 Å². The second-order valence-electron chi connectivity index (χ2n) is 8.21. The first kappa shape index (κ1) is 20.3. The summed E-state index contributed by atoms with van der Waals surface area (Å²) in [5.41, 5.74) is 2.63. The number of nitrogens with zero attached hydrogens (tertiary/aromatic N) is 2. The maximum Gasteiger partial charge on any atom is 0.341 e. The number of amides is 1. The highest BCUT2D eigenvalue weighted by Crippen LogP contribution is 2.40. The fourth-order valence-electron chi connectivity index (χ4n) is 4.70. The molecule has 1 aromatic heterocycles. The van der Waals surface area contributed by atoms with Crippen LogP contribution in [0.4, 0.5) is 5.69 Å². The average molecular weight is 409 g/mol. The van der Waals surface area contributed by atoms with Crippen LogP contribution in [0, 0.1) is 24.7 Å². The third kappa shape index (κ3) is 3.88. The van der Waals surface area contributed by atoms with Crippen LogP contribution in [0.5, 0.6) is 0 Å². The maximum absolute atomic E-state index is 12.8. The van der Waals surface area contributed by atoms with E-state index in [1.807, 2.05) is 31.2 Å². The quantitative estimate of drug-likeness (QED) is 0.761. The molecular formula is C23H27N3O4. The molecule has 2 aromatic rings. The van der Waals surface area contributed by atoms with Crippen LogP contribution in [0.15, 0.2) is 30.5 Å². The number of aromatic nitrogens is 2. The number of carbonyl (C=O) groups is 3. The van der Waals surface area contributed by atoms with Crippen molar-refractivity contribution < 1.29 is 19.1 Å². The summed E-state index contributed by atoms with van der Waals surface area (Å²) >= 11 is 0. The highest BCUT2D eigenvalue weighted by Gasteiger charge is 2.41. The zero-order valence-corrected chi connectivity index (χ0v) is 17.4. The molecule has 2 fully saturated rings. The van der Waals surface area contributed by atoms with Crippen molar-refractivity contribution in [3.8, 4) is 5.69 Å². The summed E-state index contributed by atoms with van der Waals surface area (Å²) in [6.45, 7) is 3.90. The van der Waals surface area contributed by atoms with Gasteiger partial charge in [0.05, 0.1) is 24.2 Å². The van der Waals surface area contributed by atoms with E-state index in [4.69, 9.17) is 4.74 Å². The van der Waals surface area contributed by atoms with E-state index < -0.39 is 0 Å². The molecule has 1 N–H and O–H groups in total. The Morgan fingerprint density at radius 2 is 1.83 bits per heavy atom. The van der Waals surface area contributed by atoms with Gasteiger partial charge >= 0.3 is 5.97 Å². The largest absolute Gasteiger partial charge is 0.462 e. The van der Waals surface area contributed by atoms with Gasteiger partial charge in [0.1, 0.15) is 11.3 Å². The predicted octanol–water partition coefficient (Wildman–Crippen LogP) is 3.69. The number of carbonyl (C=O) groups excluding carboxylic acids is 3. The Bertz CT molecular complexity index is 947. The molecule has 1 heterocycles. The van der Waals surface area contributed by atoms with Crippen LogP contribution in [-0.2, 0) is 14.3 Å². The fraction of sp³-hybridized carbons (Fsp3) is 0.478. The summed E-state index contributed by atoms with van der Waals surface area (Å²) < 4.78 is 6.72. The van der Waals surface area contributed by atoms with Gasteiger partial charge in [-0.2, -0.15) is 5.10 Å². The van der Waals surface area contributed by atoms with Crippen LogP contribution < -0.4 is 5.32 Å². The van der Waals surface area contributed by atoms with E-state index in [9.17, 15) is 14.4 Å². The number of nitrogens with one attached hydrogen (secondary N) is 1. The van der Waals surface area contributed by atoms with E-state index in [0.29, 0.717) is 42.2 Å². The summed E-state index contributed by atoms with van der Waals surface area (Å²) in [7, 11) is 0. The Balaban J connectivity index is 1.42. The van der Waals surface area contributed by atoms with Crippen molar-refractivity contribution in [2.24, 2.45) is 17.8 Å². The summed E-state index contributed by atoms with van der Waals surface area (Å²) in [4.78, 5) is 37.0. The standard InChI is InChI=1S/C23H27N3O4/c1-3-30-23(29)20-13-24-26(14(20)2)19-9-7-18(8-10-19)25-22(28)17-11-15-5-4-6-16(12-17)21(15)27/h7-10,13,15-17H,3-6,11-12H2,1-2H3,(H,25,28). The maximum atomic E-state index is 12.8. The van der Waals surface area contributed by atoms with Crippen LogP contribution in [-0.4, -0.2) is 34.0 Å². The van der Waals surface area contributed by atoms with Gasteiger partial charge in [-0.15, -0.1) is 0 Å². The molecule has 2 atom stereocenters. The molecule has 0 aliphatic heterocycles. The number of ketones is 1. The first-order chi connectivity index (χ1) is 14.5. The Hall–Kier alpha value is -2.96. The molecule has 2 aliphatic rings. The van der Waals surface area contributed by atoms with Gasteiger partial charge < -0.3 is 10.1 Å². The van der Waals surface area contributed by atoms with Crippen molar-refractivity contribution >= 4 is 23.3 Å². The third-order valence-corrected chi connectivity index (χ3v) is 6.30. The smallest absolute Gasteiger partial charge is 0.341 e. The number of ether oxygens (including phenoxy) is 1. The van der Waals surface area contributed by atoms with E-state index in [0.717, 1.165) is 24.9 Å². The second-order valence-corrected chi connectivity index (χ2v) is 8.21. The molecule has 2 unspecified atom stereocenters. The van der Waals surface area contributed by atoms with Crippen molar-refractivity contribution in [2.45, 2.75) is 46.0 Å². The van der Waals surface area contributed by atoms with Crippen LogP contribution in [0.25, 0.3) is 5.69 Å². The topological polar surface area (TPSA) is 90.3 Å². The zero-order valence-electron chi connectivity index (χ0n) is 17.4. The minimum atomic E-state index is -0.388. The number of Topliss-reactive ketones (excluding diaryl/α,β-unsaturated/α-hetero) is 1. The van der Waals surface area contributed by atoms with Gasteiger partial charge in [-0.1, -0.05) is 6.42 Å². The normalized spacial score (nSPS) is 23.1. The number of fused-ring (bicyclic) bond motifs is 2. The summed E-state index contributed by atoms with van der Waals surface area (Å²) in [6, 6.07) is 7.35. The highest BCUT2D eigenvalue weighted by molar-refractivity contribution is 5.95. The molecule has 2 saturated carbocycles. The van der Waals surface area contributed by atoms with Crippen molar-refractivity contribution in [3.63, 3.8) is 0 Å². The Morgan fingerprint density at radius 3 is 2.47 bits per heavy atom. The van der Waals surface area contributed by atoms with Crippen molar-refractivity contribution in [1.82, 2.24) is 9.78 Å². The number of hydrogen-bond donors (Lipinski definition) is 1. The van der Waals surface area contributed by atoms with E-state index in [-0.39, 0.29) is 29.6 Å². The Labute approximate surface area is 175 Å². The monoisotopic (exact) mass is 409 g/mol. The van der Waals surface area contributed by atoms with Gasteiger partial charge in [0.25, 0.3) is 0 Å². The van der Waals surface area contributed by atoms with Crippen molar-refractivity contribution in [1.29, 1.82) is 0 Å². The van der Waals surface area contributed by atoms with E-state index in [2.05, 4.69) is 10.4 Å². The number of hydrogen-bond acceptors (Lipinski definition) is 5. The van der Waals surface area contributed by atoms with E-state index in [1.54, 1.807) is 11.6 Å². The Morgan fingerprint density at radius 1 is 1.17 bits per heavy atom. The van der Waals surface area contributed by atoms with Crippen LogP contribution in [0.2, 0.25) is 0 Å². The molecule has 7 nitrogen and oxygen atoms in total. The second kappa shape index (κ2) is 8.42. The minimum absolute atomic E-state index is 0.00739. The molecular weight excluding hydrogens is 382 g/mol. The predicted molar refractivity (Wildman–Crippen MR) is 111 cm³/mol. The van der Waals surface area contributed by atoms with Gasteiger partial charge in [-0.05, 0) is 63.8 Å². The van der Waals surface area contributed by atoms with Gasteiger partial charge in [-0.25, -0.2) is 9.48 Å². The third-order valence-electron chi connectivity index (χ3n) is 6.30. The molecule has 30 heavy (non-hydrogen) atoms. The fourth-order valence-corrected chi connectivity index (χ4v) is 4.70. The zero-order chi connectivity index (χ0) is 21.3. The van der Waals surface area contributed by atoms with E-state index in [1.165, 1.54) is 6.20 Å². The molecule has 0 radical (unpaired) electrons. The lowest BCUT2D eigenvalue weighted by Crippen LogP contribution is -2.40. The first-order valence-electron chi connectivity index (χ1n) is 10.6. The highest BCUT2D eigenvalue weighted by atomic mass is 16.5. The molecule has 2 bridgehead atoms.